The van der Waals surface area contributed by atoms with Gasteiger partial charge in [0.1, 0.15) is 0 Å². The quantitative estimate of drug-likeness (QED) is 0.842. The van der Waals surface area contributed by atoms with E-state index in [0.29, 0.717) is 5.56 Å². The van der Waals surface area contributed by atoms with Gasteiger partial charge in [-0.2, -0.15) is 0 Å². The van der Waals surface area contributed by atoms with Crippen LogP contribution >= 0.6 is 11.5 Å². The molecule has 2 aromatic rings. The van der Waals surface area contributed by atoms with Crippen LogP contribution in [0, 0.1) is 0 Å². The summed E-state index contributed by atoms with van der Waals surface area (Å²) in [5.74, 6) is -1.20. The van der Waals surface area contributed by atoms with E-state index in [2.05, 4.69) is 9.10 Å². The summed E-state index contributed by atoms with van der Waals surface area (Å²) in [5, 5.41) is 9.06. The lowest BCUT2D eigenvalue weighted by molar-refractivity contribution is 0.0696. The molecule has 1 heterocycles. The van der Waals surface area contributed by atoms with E-state index in [1.165, 1.54) is 23.7 Å². The number of carbonyl (C=O) groups is 1. The van der Waals surface area contributed by atoms with E-state index in [9.17, 15) is 13.2 Å². The molecule has 0 amide bonds. The summed E-state index contributed by atoms with van der Waals surface area (Å²) >= 11 is 1.21. The highest BCUT2D eigenvalue weighted by Crippen LogP contribution is 2.25. The fourth-order valence-corrected chi connectivity index (χ4v) is 3.96. The molecule has 2 rings (SSSR count). The first-order chi connectivity index (χ1) is 10.3. The minimum atomic E-state index is -3.80. The van der Waals surface area contributed by atoms with Crippen molar-refractivity contribution in [3.8, 4) is 0 Å². The van der Waals surface area contributed by atoms with Crippen LogP contribution in [-0.4, -0.2) is 23.9 Å². The number of aromatic nitrogens is 1. The summed E-state index contributed by atoms with van der Waals surface area (Å²) in [4.78, 5) is 11.9. The number of nitrogens with zero attached hydrogens (tertiary/aromatic N) is 1. The molecular weight excluding hydrogens is 324 g/mol. The Morgan fingerprint density at radius 1 is 1.36 bits per heavy atom. The van der Waals surface area contributed by atoms with Crippen LogP contribution in [0.25, 0.3) is 0 Å². The van der Waals surface area contributed by atoms with Gasteiger partial charge >= 0.3 is 5.97 Å². The van der Waals surface area contributed by atoms with E-state index in [1.807, 2.05) is 13.8 Å². The van der Waals surface area contributed by atoms with Crippen molar-refractivity contribution in [1.82, 2.24) is 9.10 Å². The lowest BCUT2D eigenvalue weighted by Crippen LogP contribution is -2.24. The molecule has 1 aromatic heterocycles. The van der Waals surface area contributed by atoms with Crippen LogP contribution in [0.3, 0.4) is 0 Å². The Morgan fingerprint density at radius 2 is 2.09 bits per heavy atom. The molecule has 1 aromatic carbocycles. The molecule has 22 heavy (non-hydrogen) atoms. The van der Waals surface area contributed by atoms with Gasteiger partial charge in [-0.3, -0.25) is 0 Å². The SMILES string of the molecule is CC(C)c1ccc(C(=O)O)cc1S(=O)(=O)NCc1ccns1. The number of benzene rings is 1. The summed E-state index contributed by atoms with van der Waals surface area (Å²) < 4.78 is 31.4. The lowest BCUT2D eigenvalue weighted by Gasteiger charge is -2.14. The first kappa shape index (κ1) is 16.6. The van der Waals surface area contributed by atoms with E-state index in [1.54, 1.807) is 18.3 Å². The highest BCUT2D eigenvalue weighted by atomic mass is 32.2. The largest absolute Gasteiger partial charge is 0.478 e. The van der Waals surface area contributed by atoms with E-state index in [4.69, 9.17) is 5.11 Å². The standard InChI is InChI=1S/C14H16N2O4S2/c1-9(2)12-4-3-10(14(17)18)7-13(12)22(19,20)16-8-11-5-6-15-21-11/h3-7,9,16H,8H2,1-2H3,(H,17,18). The van der Waals surface area contributed by atoms with Crippen LogP contribution in [0.4, 0.5) is 0 Å². The van der Waals surface area contributed by atoms with Gasteiger partial charge in [-0.15, -0.1) is 0 Å². The van der Waals surface area contributed by atoms with E-state index >= 15 is 0 Å². The highest BCUT2D eigenvalue weighted by molar-refractivity contribution is 7.89. The normalized spacial score (nSPS) is 11.8. The van der Waals surface area contributed by atoms with Gasteiger partial charge in [0.15, 0.2) is 0 Å². The van der Waals surface area contributed by atoms with E-state index in [0.717, 1.165) is 4.88 Å². The Morgan fingerprint density at radius 3 is 2.64 bits per heavy atom. The van der Waals surface area contributed by atoms with Crippen LogP contribution in [0.15, 0.2) is 35.4 Å². The third-order valence-electron chi connectivity index (χ3n) is 3.10. The van der Waals surface area contributed by atoms with Gasteiger partial charge in [0.25, 0.3) is 0 Å². The van der Waals surface area contributed by atoms with Gasteiger partial charge in [-0.1, -0.05) is 19.9 Å². The summed E-state index contributed by atoms with van der Waals surface area (Å²) in [6.07, 6.45) is 1.60. The average molecular weight is 340 g/mol. The maximum atomic E-state index is 12.5. The fraction of sp³-hybridized carbons (Fsp3) is 0.286. The molecule has 0 unspecified atom stereocenters. The predicted octanol–water partition coefficient (Wildman–Crippen LogP) is 2.44. The lowest BCUT2D eigenvalue weighted by atomic mass is 10.0. The van der Waals surface area contributed by atoms with Crippen LogP contribution in [-0.2, 0) is 16.6 Å². The first-order valence-electron chi connectivity index (χ1n) is 6.57. The van der Waals surface area contributed by atoms with Crippen molar-refractivity contribution >= 4 is 27.5 Å². The second-order valence-electron chi connectivity index (χ2n) is 5.02. The number of hydrogen-bond donors (Lipinski definition) is 2. The molecule has 8 heteroatoms. The second kappa shape index (κ2) is 6.55. The van der Waals surface area contributed by atoms with Gasteiger partial charge < -0.3 is 5.11 Å². The molecule has 6 nitrogen and oxygen atoms in total. The van der Waals surface area contributed by atoms with Gasteiger partial charge in [-0.05, 0) is 41.2 Å². The molecule has 0 atom stereocenters. The molecule has 2 N–H and O–H groups in total. The zero-order valence-corrected chi connectivity index (χ0v) is 13.7. The number of aromatic carboxylic acids is 1. The van der Waals surface area contributed by atoms with Gasteiger partial charge in [-0.25, -0.2) is 22.3 Å². The number of carboxylic acid groups (broad SMARTS) is 1. The van der Waals surface area contributed by atoms with Crippen molar-refractivity contribution in [3.05, 3.63) is 46.5 Å². The molecule has 0 aliphatic carbocycles. The van der Waals surface area contributed by atoms with Gasteiger partial charge in [0.2, 0.25) is 10.0 Å². The van der Waals surface area contributed by atoms with Crippen LogP contribution in [0.5, 0.6) is 0 Å². The highest BCUT2D eigenvalue weighted by Gasteiger charge is 2.22. The van der Waals surface area contributed by atoms with Crippen molar-refractivity contribution in [2.45, 2.75) is 31.2 Å². The smallest absolute Gasteiger partial charge is 0.335 e. The summed E-state index contributed by atoms with van der Waals surface area (Å²) in [5.41, 5.74) is 0.532. The topological polar surface area (TPSA) is 96.4 Å². The Kier molecular flexibility index (Phi) is 4.94. The fourth-order valence-electron chi connectivity index (χ4n) is 1.95. The second-order valence-corrected chi connectivity index (χ2v) is 7.67. The maximum absolute atomic E-state index is 12.5. The van der Waals surface area contributed by atoms with Crippen molar-refractivity contribution in [2.75, 3.05) is 0 Å². The molecule has 0 aliphatic rings. The third kappa shape index (κ3) is 3.70. The van der Waals surface area contributed by atoms with Crippen molar-refractivity contribution in [2.24, 2.45) is 0 Å². The number of hydrogen-bond acceptors (Lipinski definition) is 5. The molecule has 0 fully saturated rings. The molecule has 118 valence electrons. The minimum Gasteiger partial charge on any atom is -0.478 e. The molecular formula is C14H16N2O4S2. The summed E-state index contributed by atoms with van der Waals surface area (Å²) in [7, 11) is -3.80. The number of carboxylic acids is 1. The summed E-state index contributed by atoms with van der Waals surface area (Å²) in [6, 6.07) is 5.89. The Labute approximate surface area is 133 Å². The Hall–Kier alpha value is -1.77. The number of rotatable bonds is 6. The minimum absolute atomic E-state index is 0.00640. The monoisotopic (exact) mass is 340 g/mol. The van der Waals surface area contributed by atoms with Crippen LogP contribution in [0.1, 0.15) is 40.6 Å². The zero-order chi connectivity index (χ0) is 16.3. The molecule has 0 aliphatic heterocycles. The Balaban J connectivity index is 2.38. The molecule has 0 spiro atoms. The van der Waals surface area contributed by atoms with Gasteiger partial charge in [0, 0.05) is 17.6 Å². The predicted molar refractivity (Wildman–Crippen MR) is 83.6 cm³/mol. The van der Waals surface area contributed by atoms with Crippen LogP contribution in [0.2, 0.25) is 0 Å². The van der Waals surface area contributed by atoms with Gasteiger partial charge in [0.05, 0.1) is 10.5 Å². The third-order valence-corrected chi connectivity index (χ3v) is 5.30. The maximum Gasteiger partial charge on any atom is 0.335 e. The van der Waals surface area contributed by atoms with Crippen molar-refractivity contribution < 1.29 is 18.3 Å². The Bertz CT molecular complexity index is 768. The first-order valence-corrected chi connectivity index (χ1v) is 8.83. The summed E-state index contributed by atoms with van der Waals surface area (Å²) in [6.45, 7) is 3.85. The van der Waals surface area contributed by atoms with Crippen LogP contribution < -0.4 is 4.72 Å². The van der Waals surface area contributed by atoms with E-state index < -0.39 is 16.0 Å². The molecule has 0 bridgehead atoms. The molecule has 0 radical (unpaired) electrons. The van der Waals surface area contributed by atoms with E-state index in [-0.39, 0.29) is 22.9 Å². The average Bonchev–Trinajstić information content (AvgIpc) is 2.97. The zero-order valence-electron chi connectivity index (χ0n) is 12.1. The van der Waals surface area contributed by atoms with Crippen molar-refractivity contribution in [3.63, 3.8) is 0 Å². The molecule has 0 saturated carbocycles. The molecule has 0 saturated heterocycles. The number of sulfonamides is 1. The van der Waals surface area contributed by atoms with Crippen molar-refractivity contribution in [1.29, 1.82) is 0 Å². The number of nitrogens with one attached hydrogen (secondary N) is 1.